The van der Waals surface area contributed by atoms with E-state index in [0.29, 0.717) is 23.8 Å². The van der Waals surface area contributed by atoms with Crippen LogP contribution >= 0.6 is 0 Å². The average molecular weight is 405 g/mol. The quantitative estimate of drug-likeness (QED) is 0.591. The largest absolute Gasteiger partial charge is 0.352 e. The van der Waals surface area contributed by atoms with Crippen molar-refractivity contribution < 1.29 is 9.32 Å². The molecule has 1 aromatic heterocycles. The van der Waals surface area contributed by atoms with Crippen molar-refractivity contribution in [2.75, 3.05) is 26.2 Å². The monoisotopic (exact) mass is 404 g/mol. The molecule has 0 unspecified atom stereocenters. The van der Waals surface area contributed by atoms with E-state index < -0.39 is 0 Å². The summed E-state index contributed by atoms with van der Waals surface area (Å²) in [6.45, 7) is 4.13. The van der Waals surface area contributed by atoms with Crippen LogP contribution in [0.4, 0.5) is 0 Å². The summed E-state index contributed by atoms with van der Waals surface area (Å²) in [4.78, 5) is 19.4. The molecule has 2 heterocycles. The molecule has 1 N–H and O–H groups in total. The number of hydrogen-bond acceptors (Lipinski definition) is 5. The van der Waals surface area contributed by atoms with Crippen molar-refractivity contribution in [2.24, 2.45) is 0 Å². The molecule has 1 fully saturated rings. The van der Waals surface area contributed by atoms with Gasteiger partial charge in [0.25, 0.3) is 11.8 Å². The smallest absolute Gasteiger partial charge is 0.258 e. The molecule has 1 saturated heterocycles. The Labute approximate surface area is 177 Å². The number of nitrogens with one attached hydrogen (secondary N) is 1. The topological polar surface area (TPSA) is 71.3 Å². The van der Waals surface area contributed by atoms with Crippen LogP contribution in [0.1, 0.15) is 42.5 Å². The molecule has 1 aliphatic heterocycles. The van der Waals surface area contributed by atoms with Crippen LogP contribution in [0.25, 0.3) is 22.8 Å². The Morgan fingerprint density at radius 1 is 0.933 bits per heavy atom. The van der Waals surface area contributed by atoms with Crippen LogP contribution in [0.3, 0.4) is 0 Å². The summed E-state index contributed by atoms with van der Waals surface area (Å²) in [5, 5.41) is 7.07. The molecule has 156 valence electrons. The Balaban J connectivity index is 1.28. The molecule has 0 aliphatic carbocycles. The minimum Gasteiger partial charge on any atom is -0.352 e. The van der Waals surface area contributed by atoms with Gasteiger partial charge in [-0.25, -0.2) is 0 Å². The number of nitrogens with zero attached hydrogens (tertiary/aromatic N) is 3. The lowest BCUT2D eigenvalue weighted by molar-refractivity contribution is 0.0951. The highest BCUT2D eigenvalue weighted by atomic mass is 16.5. The summed E-state index contributed by atoms with van der Waals surface area (Å²) in [5.74, 6) is 0.947. The lowest BCUT2D eigenvalue weighted by Gasteiger charge is -2.19. The van der Waals surface area contributed by atoms with Gasteiger partial charge in [0, 0.05) is 23.2 Å². The summed E-state index contributed by atoms with van der Waals surface area (Å²) >= 11 is 0. The predicted octanol–water partition coefficient (Wildman–Crippen LogP) is 4.40. The van der Waals surface area contributed by atoms with Crippen LogP contribution < -0.4 is 5.32 Å². The fraction of sp³-hybridized carbons (Fsp3) is 0.375. The number of rotatable bonds is 7. The first kappa shape index (κ1) is 20.3. The van der Waals surface area contributed by atoms with E-state index in [-0.39, 0.29) is 5.91 Å². The molecule has 2 aromatic carbocycles. The van der Waals surface area contributed by atoms with Crippen molar-refractivity contribution >= 4 is 5.91 Å². The van der Waals surface area contributed by atoms with Crippen molar-refractivity contribution in [3.05, 3.63) is 60.2 Å². The lowest BCUT2D eigenvalue weighted by Crippen LogP contribution is -2.30. The van der Waals surface area contributed by atoms with Crippen molar-refractivity contribution in [3.8, 4) is 22.8 Å². The van der Waals surface area contributed by atoms with Gasteiger partial charge in [0.2, 0.25) is 5.82 Å². The second-order valence-electron chi connectivity index (χ2n) is 7.73. The first-order chi connectivity index (χ1) is 14.8. The molecule has 1 amide bonds. The highest BCUT2D eigenvalue weighted by molar-refractivity contribution is 5.94. The van der Waals surface area contributed by atoms with Gasteiger partial charge in [0.15, 0.2) is 0 Å². The molecule has 30 heavy (non-hydrogen) atoms. The van der Waals surface area contributed by atoms with E-state index >= 15 is 0 Å². The molecule has 0 radical (unpaired) electrons. The van der Waals surface area contributed by atoms with E-state index in [0.717, 1.165) is 24.1 Å². The van der Waals surface area contributed by atoms with Gasteiger partial charge < -0.3 is 14.7 Å². The molecular weight excluding hydrogens is 376 g/mol. The second-order valence-corrected chi connectivity index (χ2v) is 7.73. The van der Waals surface area contributed by atoms with E-state index in [1.165, 1.54) is 38.8 Å². The highest BCUT2D eigenvalue weighted by Gasteiger charge is 2.12. The van der Waals surface area contributed by atoms with E-state index in [1.54, 1.807) is 12.1 Å². The summed E-state index contributed by atoms with van der Waals surface area (Å²) in [6.07, 6.45) is 6.27. The number of amides is 1. The van der Waals surface area contributed by atoms with Crippen LogP contribution in [0.2, 0.25) is 0 Å². The third-order valence-electron chi connectivity index (χ3n) is 5.49. The number of benzene rings is 2. The zero-order valence-corrected chi connectivity index (χ0v) is 17.2. The molecule has 0 atom stereocenters. The number of aromatic nitrogens is 2. The second kappa shape index (κ2) is 10.2. The number of likely N-dealkylation sites (tertiary alicyclic amines) is 1. The minimum absolute atomic E-state index is 0.0482. The Hall–Kier alpha value is -2.99. The fourth-order valence-electron chi connectivity index (χ4n) is 3.78. The van der Waals surface area contributed by atoms with Crippen molar-refractivity contribution in [1.82, 2.24) is 20.4 Å². The molecule has 0 saturated carbocycles. The maximum Gasteiger partial charge on any atom is 0.258 e. The maximum absolute atomic E-state index is 12.4. The van der Waals surface area contributed by atoms with Gasteiger partial charge in [-0.15, -0.1) is 0 Å². The third kappa shape index (κ3) is 5.33. The maximum atomic E-state index is 12.4. The van der Waals surface area contributed by atoms with E-state index in [1.807, 2.05) is 42.5 Å². The summed E-state index contributed by atoms with van der Waals surface area (Å²) in [5.41, 5.74) is 2.34. The van der Waals surface area contributed by atoms with E-state index in [9.17, 15) is 4.79 Å². The van der Waals surface area contributed by atoms with Crippen LogP contribution in [-0.4, -0.2) is 47.1 Å². The van der Waals surface area contributed by atoms with Crippen molar-refractivity contribution in [3.63, 3.8) is 0 Å². The molecule has 1 aliphatic rings. The van der Waals surface area contributed by atoms with Gasteiger partial charge in [-0.3, -0.25) is 4.79 Å². The van der Waals surface area contributed by atoms with Crippen LogP contribution in [-0.2, 0) is 0 Å². The Morgan fingerprint density at radius 3 is 2.40 bits per heavy atom. The summed E-state index contributed by atoms with van der Waals surface area (Å²) in [6, 6.07) is 17.0. The first-order valence-electron chi connectivity index (χ1n) is 10.8. The molecule has 4 rings (SSSR count). The predicted molar refractivity (Wildman–Crippen MR) is 117 cm³/mol. The standard InChI is InChI=1S/C24H28N4O2/c29-23(25-15-8-18-28-16-6-1-2-7-17-28)20-11-13-21(14-12-20)24-26-22(27-30-24)19-9-4-3-5-10-19/h3-5,9-14H,1-2,6-8,15-18H2,(H,25,29). The summed E-state index contributed by atoms with van der Waals surface area (Å²) < 4.78 is 5.39. The molecular formula is C24H28N4O2. The first-order valence-corrected chi connectivity index (χ1v) is 10.8. The van der Waals surface area contributed by atoms with Gasteiger partial charge in [-0.2, -0.15) is 4.98 Å². The Kier molecular flexibility index (Phi) is 6.87. The third-order valence-corrected chi connectivity index (χ3v) is 5.49. The van der Waals surface area contributed by atoms with E-state index in [2.05, 4.69) is 20.4 Å². The molecule has 6 heteroatoms. The number of carbonyl (C=O) groups excluding carboxylic acids is 1. The van der Waals surface area contributed by atoms with Gasteiger partial charge >= 0.3 is 0 Å². The Bertz CT molecular complexity index is 929. The molecule has 3 aromatic rings. The highest BCUT2D eigenvalue weighted by Crippen LogP contribution is 2.22. The minimum atomic E-state index is -0.0482. The molecule has 6 nitrogen and oxygen atoms in total. The zero-order valence-electron chi connectivity index (χ0n) is 17.2. The lowest BCUT2D eigenvalue weighted by atomic mass is 10.1. The SMILES string of the molecule is O=C(NCCCN1CCCCCC1)c1ccc(-c2nc(-c3ccccc3)no2)cc1. The van der Waals surface area contributed by atoms with Gasteiger partial charge in [0.1, 0.15) is 0 Å². The van der Waals surface area contributed by atoms with Gasteiger partial charge in [-0.05, 0) is 63.2 Å². The van der Waals surface area contributed by atoms with Gasteiger partial charge in [0.05, 0.1) is 0 Å². The van der Waals surface area contributed by atoms with Crippen LogP contribution in [0.5, 0.6) is 0 Å². The van der Waals surface area contributed by atoms with E-state index in [4.69, 9.17) is 4.52 Å². The van der Waals surface area contributed by atoms with Crippen molar-refractivity contribution in [1.29, 1.82) is 0 Å². The van der Waals surface area contributed by atoms with Crippen LogP contribution in [0.15, 0.2) is 59.1 Å². The van der Waals surface area contributed by atoms with Gasteiger partial charge in [-0.1, -0.05) is 48.3 Å². The van der Waals surface area contributed by atoms with Crippen molar-refractivity contribution in [2.45, 2.75) is 32.1 Å². The van der Waals surface area contributed by atoms with Crippen LogP contribution in [0, 0.1) is 0 Å². The molecule has 0 bridgehead atoms. The normalized spacial score (nSPS) is 14.9. The Morgan fingerprint density at radius 2 is 1.67 bits per heavy atom. The summed E-state index contributed by atoms with van der Waals surface area (Å²) in [7, 11) is 0. The number of hydrogen-bond donors (Lipinski definition) is 1. The fourth-order valence-corrected chi connectivity index (χ4v) is 3.78. The molecule has 0 spiro atoms. The number of carbonyl (C=O) groups is 1. The zero-order chi connectivity index (χ0) is 20.6. The average Bonchev–Trinajstić information content (AvgIpc) is 3.15.